The van der Waals surface area contributed by atoms with Crippen LogP contribution in [-0.2, 0) is 4.79 Å². The van der Waals surface area contributed by atoms with Crippen LogP contribution in [0.2, 0.25) is 0 Å². The van der Waals surface area contributed by atoms with Gasteiger partial charge in [-0.15, -0.1) is 0 Å². The summed E-state index contributed by atoms with van der Waals surface area (Å²) in [6, 6.07) is 16.4. The first-order valence-electron chi connectivity index (χ1n) is 12.4. The van der Waals surface area contributed by atoms with Crippen molar-refractivity contribution < 1.29 is 19.4 Å². The van der Waals surface area contributed by atoms with Crippen molar-refractivity contribution in [3.63, 3.8) is 0 Å². The maximum absolute atomic E-state index is 13.4. The Balaban J connectivity index is 1.22. The minimum absolute atomic E-state index is 0.00214. The number of rotatable bonds is 5. The molecule has 0 spiro atoms. The van der Waals surface area contributed by atoms with Gasteiger partial charge < -0.3 is 31.1 Å². The molecule has 188 valence electrons. The van der Waals surface area contributed by atoms with Crippen molar-refractivity contribution in [2.45, 2.75) is 36.4 Å². The van der Waals surface area contributed by atoms with Crippen molar-refractivity contribution in [1.29, 1.82) is 0 Å². The Kier molecular flexibility index (Phi) is 6.34. The predicted octanol–water partition coefficient (Wildman–Crippen LogP) is 2.11. The predicted molar refractivity (Wildman–Crippen MR) is 138 cm³/mol. The Hall–Kier alpha value is -3.05. The average Bonchev–Trinajstić information content (AvgIpc) is 3.26. The fraction of sp³-hybridized carbons (Fsp3) is 0.385. The van der Waals surface area contributed by atoms with Crippen LogP contribution in [0.4, 0.5) is 10.5 Å². The minimum atomic E-state index is -0.578. The van der Waals surface area contributed by atoms with Crippen molar-refractivity contribution in [3.05, 3.63) is 65.2 Å². The number of aliphatic hydroxyl groups excluding tert-OH is 1. The number of urea groups is 1. The summed E-state index contributed by atoms with van der Waals surface area (Å²) in [5.74, 6) is 1.17. The van der Waals surface area contributed by atoms with Crippen LogP contribution in [0.5, 0.6) is 11.5 Å². The summed E-state index contributed by atoms with van der Waals surface area (Å²) in [4.78, 5) is 28.9. The molecule has 3 amide bonds. The molecule has 3 saturated heterocycles. The summed E-state index contributed by atoms with van der Waals surface area (Å²) in [7, 11) is 0. The summed E-state index contributed by atoms with van der Waals surface area (Å²) in [6.45, 7) is 2.01. The highest BCUT2D eigenvalue weighted by Gasteiger charge is 2.51. The zero-order valence-electron chi connectivity index (χ0n) is 19.6. The van der Waals surface area contributed by atoms with Crippen LogP contribution >= 0.6 is 11.8 Å². The van der Waals surface area contributed by atoms with Crippen LogP contribution in [0.3, 0.4) is 0 Å². The Morgan fingerprint density at radius 1 is 1.06 bits per heavy atom. The van der Waals surface area contributed by atoms with Crippen LogP contribution in [0.15, 0.2) is 65.2 Å². The smallest absolute Gasteiger partial charge is 0.326 e. The van der Waals surface area contributed by atoms with Gasteiger partial charge in [0.05, 0.1) is 28.5 Å². The van der Waals surface area contributed by atoms with Gasteiger partial charge in [-0.1, -0.05) is 30.0 Å². The molecular formula is C26H29N5O4S. The van der Waals surface area contributed by atoms with Gasteiger partial charge >= 0.3 is 6.03 Å². The number of nitrogens with zero attached hydrogens (tertiary/aromatic N) is 1. The minimum Gasteiger partial charge on any atom is -0.457 e. The molecule has 3 fully saturated rings. The van der Waals surface area contributed by atoms with E-state index in [-0.39, 0.29) is 35.3 Å². The summed E-state index contributed by atoms with van der Waals surface area (Å²) in [5.41, 5.74) is 1.47. The molecule has 0 aromatic heterocycles. The number of hydrogen-bond donors (Lipinski definition) is 5. The van der Waals surface area contributed by atoms with Crippen molar-refractivity contribution in [2.24, 2.45) is 5.92 Å². The molecule has 5 N–H and O–H groups in total. The van der Waals surface area contributed by atoms with Crippen LogP contribution in [0.1, 0.15) is 12.8 Å². The monoisotopic (exact) mass is 507 g/mol. The van der Waals surface area contributed by atoms with Crippen LogP contribution in [-0.4, -0.2) is 60.2 Å². The molecule has 5 atom stereocenters. The zero-order valence-corrected chi connectivity index (χ0v) is 20.5. The maximum Gasteiger partial charge on any atom is 0.326 e. The van der Waals surface area contributed by atoms with Crippen molar-refractivity contribution in [1.82, 2.24) is 21.3 Å². The normalized spacial score (nSPS) is 29.4. The van der Waals surface area contributed by atoms with Crippen molar-refractivity contribution >= 4 is 29.4 Å². The number of piperidine rings is 2. The SMILES string of the molecule is O=C(N[C@@H]1CNCC[C@H]1O)C1=C2NC(=O)N(c3ccc(Oc4ccccc4)cc3)C3CCNC(S1)C23. The van der Waals surface area contributed by atoms with E-state index in [1.165, 1.54) is 11.8 Å². The number of aliphatic hydroxyl groups is 1. The second kappa shape index (κ2) is 9.78. The molecule has 10 heteroatoms. The number of nitrogens with one attached hydrogen (secondary N) is 4. The number of carbonyl (C=O) groups excluding carboxylic acids is 2. The van der Waals surface area contributed by atoms with Crippen LogP contribution < -0.4 is 30.9 Å². The lowest BCUT2D eigenvalue weighted by Crippen LogP contribution is -2.62. The molecule has 4 aliphatic heterocycles. The van der Waals surface area contributed by atoms with Gasteiger partial charge in [-0.25, -0.2) is 4.79 Å². The number of anilines is 1. The number of para-hydroxylation sites is 1. The van der Waals surface area contributed by atoms with Crippen LogP contribution in [0, 0.1) is 5.92 Å². The first kappa shape index (κ1) is 23.4. The molecule has 0 bridgehead atoms. The highest BCUT2D eigenvalue weighted by atomic mass is 32.2. The van der Waals surface area contributed by atoms with E-state index in [9.17, 15) is 14.7 Å². The molecule has 2 aromatic rings. The third-order valence-corrected chi connectivity index (χ3v) is 8.56. The molecular weight excluding hydrogens is 478 g/mol. The van der Waals surface area contributed by atoms with E-state index in [0.717, 1.165) is 30.9 Å². The van der Waals surface area contributed by atoms with E-state index < -0.39 is 6.10 Å². The third-order valence-electron chi connectivity index (χ3n) is 7.20. The zero-order chi connectivity index (χ0) is 24.6. The number of ether oxygens (including phenoxy) is 1. The average molecular weight is 508 g/mol. The highest BCUT2D eigenvalue weighted by molar-refractivity contribution is 8.04. The Morgan fingerprint density at radius 3 is 2.61 bits per heavy atom. The summed E-state index contributed by atoms with van der Waals surface area (Å²) >= 11 is 1.46. The van der Waals surface area contributed by atoms with E-state index in [2.05, 4.69) is 21.3 Å². The topological polar surface area (TPSA) is 115 Å². The molecule has 0 aliphatic carbocycles. The summed E-state index contributed by atoms with van der Waals surface area (Å²) in [6.07, 6.45) is 0.798. The number of carbonyl (C=O) groups is 2. The van der Waals surface area contributed by atoms with E-state index in [0.29, 0.717) is 29.3 Å². The fourth-order valence-electron chi connectivity index (χ4n) is 5.45. The Morgan fingerprint density at radius 2 is 1.83 bits per heavy atom. The van der Waals surface area contributed by atoms with Gasteiger partial charge in [-0.2, -0.15) is 0 Å². The largest absolute Gasteiger partial charge is 0.457 e. The maximum atomic E-state index is 13.4. The number of benzene rings is 2. The molecule has 0 saturated carbocycles. The second-order valence-electron chi connectivity index (χ2n) is 9.47. The second-order valence-corrected chi connectivity index (χ2v) is 10.6. The van der Waals surface area contributed by atoms with Crippen molar-refractivity contribution in [2.75, 3.05) is 24.5 Å². The Labute approximate surface area is 213 Å². The molecule has 3 unspecified atom stereocenters. The van der Waals surface area contributed by atoms with Gasteiger partial charge in [-0.3, -0.25) is 9.69 Å². The quantitative estimate of drug-likeness (QED) is 0.421. The molecule has 0 radical (unpaired) electrons. The molecule has 9 nitrogen and oxygen atoms in total. The lowest BCUT2D eigenvalue weighted by atomic mass is 9.86. The van der Waals surface area contributed by atoms with Gasteiger partial charge in [0.2, 0.25) is 0 Å². The van der Waals surface area contributed by atoms with E-state index in [1.54, 1.807) is 0 Å². The van der Waals surface area contributed by atoms with E-state index in [4.69, 9.17) is 4.74 Å². The first-order valence-corrected chi connectivity index (χ1v) is 13.2. The van der Waals surface area contributed by atoms with Gasteiger partial charge in [0, 0.05) is 23.8 Å². The van der Waals surface area contributed by atoms with Gasteiger partial charge in [-0.05, 0) is 62.3 Å². The molecule has 6 rings (SSSR count). The van der Waals surface area contributed by atoms with E-state index >= 15 is 0 Å². The van der Waals surface area contributed by atoms with Crippen molar-refractivity contribution in [3.8, 4) is 11.5 Å². The molecule has 4 aliphatic rings. The van der Waals surface area contributed by atoms with Gasteiger partial charge in [0.25, 0.3) is 5.91 Å². The number of amides is 3. The lowest BCUT2D eigenvalue weighted by molar-refractivity contribution is -0.118. The molecule has 36 heavy (non-hydrogen) atoms. The summed E-state index contributed by atoms with van der Waals surface area (Å²) in [5, 5.41) is 23.0. The Bertz CT molecular complexity index is 1170. The molecule has 2 aromatic carbocycles. The lowest BCUT2D eigenvalue weighted by Gasteiger charge is -2.45. The standard InChI is InChI=1S/C26H29N5O4S/c32-20-11-12-27-14-18(20)29-24(33)23-22-21-19(10-13-28-25(21)36-23)31(26(34)30-22)15-6-8-17(9-7-15)35-16-4-2-1-3-5-16/h1-9,18-21,25,27-28,32H,10-14H2,(H,29,33)(H,30,34)/t18-,19?,20-,21?,25?/m1/s1. The van der Waals surface area contributed by atoms with Gasteiger partial charge in [0.15, 0.2) is 0 Å². The fourth-order valence-corrected chi connectivity index (χ4v) is 6.85. The molecule has 4 heterocycles. The van der Waals surface area contributed by atoms with E-state index in [1.807, 2.05) is 59.5 Å². The summed E-state index contributed by atoms with van der Waals surface area (Å²) < 4.78 is 5.90. The first-order chi connectivity index (χ1) is 17.6. The number of hydrogen-bond acceptors (Lipinski definition) is 7. The van der Waals surface area contributed by atoms with Crippen LogP contribution in [0.25, 0.3) is 0 Å². The third kappa shape index (κ3) is 4.34. The van der Waals surface area contributed by atoms with Gasteiger partial charge in [0.1, 0.15) is 11.5 Å². The highest BCUT2D eigenvalue weighted by Crippen LogP contribution is 2.48. The number of thioether (sulfide) groups is 1.